The van der Waals surface area contributed by atoms with E-state index in [9.17, 15) is 18.0 Å². The van der Waals surface area contributed by atoms with E-state index < -0.39 is 17.5 Å². The lowest BCUT2D eigenvalue weighted by molar-refractivity contribution is -0.179. The van der Waals surface area contributed by atoms with Crippen LogP contribution < -0.4 is 26.2 Å². The molecule has 0 unspecified atom stereocenters. The van der Waals surface area contributed by atoms with Gasteiger partial charge in [0.15, 0.2) is 5.11 Å². The van der Waals surface area contributed by atoms with E-state index in [0.29, 0.717) is 24.7 Å². The van der Waals surface area contributed by atoms with Gasteiger partial charge in [-0.25, -0.2) is 0 Å². The standard InChI is InChI=1S/C27H36F3N5OS/c1-17-6-7-18(16-32-24(36)26(2,3)4)14-22(17)33-25(37)34-23-15-20(8-9-21(23)31-5)35-12-10-19(11-13-35)27(28,29)30/h6-9,14-15,19,31H,10-13,16H2,1-5H3,(H,32,36)(H2,33,34,37). The van der Waals surface area contributed by atoms with Crippen LogP contribution in [0.5, 0.6) is 0 Å². The van der Waals surface area contributed by atoms with Crippen molar-refractivity contribution in [3.8, 4) is 0 Å². The van der Waals surface area contributed by atoms with Gasteiger partial charge < -0.3 is 26.2 Å². The number of benzene rings is 2. The van der Waals surface area contributed by atoms with Crippen molar-refractivity contribution in [3.63, 3.8) is 0 Å². The van der Waals surface area contributed by atoms with Crippen molar-refractivity contribution < 1.29 is 18.0 Å². The summed E-state index contributed by atoms with van der Waals surface area (Å²) in [5, 5.41) is 12.9. The Balaban J connectivity index is 1.68. The molecule has 0 radical (unpaired) electrons. The van der Waals surface area contributed by atoms with E-state index in [1.165, 1.54) is 0 Å². The zero-order valence-corrected chi connectivity index (χ0v) is 22.8. The van der Waals surface area contributed by atoms with E-state index in [2.05, 4.69) is 21.3 Å². The Bertz CT molecular complexity index is 1120. The number of alkyl halides is 3. The molecule has 0 aliphatic carbocycles. The minimum absolute atomic E-state index is 0.0260. The van der Waals surface area contributed by atoms with E-state index in [4.69, 9.17) is 12.2 Å². The van der Waals surface area contributed by atoms with E-state index in [1.54, 1.807) is 7.05 Å². The van der Waals surface area contributed by atoms with Crippen LogP contribution in [-0.4, -0.2) is 37.3 Å². The summed E-state index contributed by atoms with van der Waals surface area (Å²) in [6.07, 6.45) is -3.96. The number of aryl methyl sites for hydroxylation is 1. The Hall–Kier alpha value is -3.01. The van der Waals surface area contributed by atoms with Crippen molar-refractivity contribution in [2.45, 2.75) is 53.3 Å². The molecule has 1 aliphatic heterocycles. The van der Waals surface area contributed by atoms with Crippen molar-refractivity contribution in [3.05, 3.63) is 47.5 Å². The first kappa shape index (κ1) is 28.6. The molecule has 0 aromatic heterocycles. The summed E-state index contributed by atoms with van der Waals surface area (Å²) >= 11 is 5.58. The molecule has 0 saturated carbocycles. The summed E-state index contributed by atoms with van der Waals surface area (Å²) < 4.78 is 39.2. The second-order valence-corrected chi connectivity index (χ2v) is 10.9. The number of thiocarbonyl (C=S) groups is 1. The van der Waals surface area contributed by atoms with Gasteiger partial charge in [-0.15, -0.1) is 0 Å². The number of nitrogens with one attached hydrogen (secondary N) is 4. The zero-order chi connectivity index (χ0) is 27.4. The van der Waals surface area contributed by atoms with Gasteiger partial charge in [-0.05, 0) is 67.4 Å². The summed E-state index contributed by atoms with van der Waals surface area (Å²) in [6, 6.07) is 11.6. The van der Waals surface area contributed by atoms with Crippen molar-refractivity contribution >= 4 is 46.0 Å². The molecule has 202 valence electrons. The molecule has 1 saturated heterocycles. The van der Waals surface area contributed by atoms with Crippen LogP contribution in [0.1, 0.15) is 44.7 Å². The van der Waals surface area contributed by atoms with Crippen molar-refractivity contribution in [1.29, 1.82) is 0 Å². The highest BCUT2D eigenvalue weighted by Crippen LogP contribution is 2.36. The van der Waals surface area contributed by atoms with Gasteiger partial charge in [-0.1, -0.05) is 32.9 Å². The second-order valence-electron chi connectivity index (χ2n) is 10.4. The van der Waals surface area contributed by atoms with Gasteiger partial charge in [0.2, 0.25) is 5.91 Å². The fraction of sp³-hybridized carbons (Fsp3) is 0.481. The Labute approximate surface area is 222 Å². The molecule has 2 aromatic carbocycles. The Morgan fingerprint density at radius 1 is 1.00 bits per heavy atom. The van der Waals surface area contributed by atoms with Crippen LogP contribution in [0.3, 0.4) is 0 Å². The highest BCUT2D eigenvalue weighted by molar-refractivity contribution is 7.80. The SMILES string of the molecule is CNc1ccc(N2CCC(C(F)(F)F)CC2)cc1NC(=S)Nc1cc(CNC(=O)C(C)(C)C)ccc1C. The number of piperidine rings is 1. The van der Waals surface area contributed by atoms with Crippen LogP contribution in [-0.2, 0) is 11.3 Å². The first-order valence-corrected chi connectivity index (χ1v) is 12.8. The van der Waals surface area contributed by atoms with E-state index in [1.807, 2.05) is 69.0 Å². The fourth-order valence-electron chi connectivity index (χ4n) is 4.15. The van der Waals surface area contributed by atoms with E-state index in [0.717, 1.165) is 33.9 Å². The maximum atomic E-state index is 13.1. The monoisotopic (exact) mass is 535 g/mol. The molecular weight excluding hydrogens is 499 g/mol. The van der Waals surface area contributed by atoms with Gasteiger partial charge in [0.05, 0.1) is 17.3 Å². The third-order valence-electron chi connectivity index (χ3n) is 6.53. The van der Waals surface area contributed by atoms with E-state index >= 15 is 0 Å². The summed E-state index contributed by atoms with van der Waals surface area (Å²) in [5.41, 5.74) is 4.66. The lowest BCUT2D eigenvalue weighted by Crippen LogP contribution is -2.39. The lowest BCUT2D eigenvalue weighted by Gasteiger charge is -2.34. The molecule has 1 heterocycles. The van der Waals surface area contributed by atoms with Crippen LogP contribution in [0.4, 0.5) is 35.9 Å². The molecular formula is C27H36F3N5OS. The predicted octanol–water partition coefficient (Wildman–Crippen LogP) is 6.29. The Morgan fingerprint density at radius 3 is 2.24 bits per heavy atom. The normalized spacial score (nSPS) is 14.8. The predicted molar refractivity (Wildman–Crippen MR) is 149 cm³/mol. The van der Waals surface area contributed by atoms with Crippen LogP contribution in [0.2, 0.25) is 0 Å². The third kappa shape index (κ3) is 7.74. The largest absolute Gasteiger partial charge is 0.391 e. The second kappa shape index (κ2) is 11.6. The molecule has 2 aromatic rings. The average Bonchev–Trinajstić information content (AvgIpc) is 2.83. The van der Waals surface area contributed by atoms with Crippen LogP contribution in [0.25, 0.3) is 0 Å². The molecule has 10 heteroatoms. The minimum Gasteiger partial charge on any atom is -0.386 e. The topological polar surface area (TPSA) is 68.4 Å². The molecule has 1 aliphatic rings. The fourth-order valence-corrected chi connectivity index (χ4v) is 4.37. The van der Waals surface area contributed by atoms with Gasteiger partial charge in [-0.3, -0.25) is 4.79 Å². The maximum Gasteiger partial charge on any atom is 0.391 e. The van der Waals surface area contributed by atoms with Gasteiger partial charge in [0, 0.05) is 43.5 Å². The quantitative estimate of drug-likeness (QED) is 0.326. The molecule has 4 N–H and O–H groups in total. The van der Waals surface area contributed by atoms with Crippen LogP contribution in [0.15, 0.2) is 36.4 Å². The van der Waals surface area contributed by atoms with Gasteiger partial charge >= 0.3 is 6.18 Å². The number of nitrogens with zero attached hydrogens (tertiary/aromatic N) is 1. The Morgan fingerprint density at radius 2 is 1.65 bits per heavy atom. The number of rotatable bonds is 6. The van der Waals surface area contributed by atoms with Crippen LogP contribution in [0, 0.1) is 18.3 Å². The highest BCUT2D eigenvalue weighted by atomic mass is 32.1. The number of carbonyl (C=O) groups is 1. The van der Waals surface area contributed by atoms with Crippen molar-refractivity contribution in [1.82, 2.24) is 5.32 Å². The smallest absolute Gasteiger partial charge is 0.386 e. The zero-order valence-electron chi connectivity index (χ0n) is 22.0. The lowest BCUT2D eigenvalue weighted by atomic mass is 9.95. The first-order chi connectivity index (χ1) is 17.3. The molecule has 37 heavy (non-hydrogen) atoms. The number of halogens is 3. The summed E-state index contributed by atoms with van der Waals surface area (Å²) in [6.45, 7) is 8.68. The molecule has 0 spiro atoms. The molecule has 0 atom stereocenters. The number of amides is 1. The number of anilines is 4. The van der Waals surface area contributed by atoms with Crippen molar-refractivity contribution in [2.75, 3.05) is 41.0 Å². The van der Waals surface area contributed by atoms with Crippen molar-refractivity contribution in [2.24, 2.45) is 11.3 Å². The molecule has 6 nitrogen and oxygen atoms in total. The number of hydrogen-bond acceptors (Lipinski definition) is 4. The number of carbonyl (C=O) groups excluding carboxylic acids is 1. The van der Waals surface area contributed by atoms with Crippen LogP contribution >= 0.6 is 12.2 Å². The maximum absolute atomic E-state index is 13.1. The number of hydrogen-bond donors (Lipinski definition) is 4. The average molecular weight is 536 g/mol. The molecule has 3 rings (SSSR count). The van der Waals surface area contributed by atoms with E-state index in [-0.39, 0.29) is 18.7 Å². The van der Waals surface area contributed by atoms with Gasteiger partial charge in [0.25, 0.3) is 0 Å². The van der Waals surface area contributed by atoms with Gasteiger partial charge in [-0.2, -0.15) is 13.2 Å². The molecule has 1 amide bonds. The minimum atomic E-state index is -4.14. The molecule has 1 fully saturated rings. The highest BCUT2D eigenvalue weighted by Gasteiger charge is 2.41. The first-order valence-electron chi connectivity index (χ1n) is 12.4. The molecule has 0 bridgehead atoms. The summed E-state index contributed by atoms with van der Waals surface area (Å²) in [5.74, 6) is -1.27. The third-order valence-corrected chi connectivity index (χ3v) is 6.73. The summed E-state index contributed by atoms with van der Waals surface area (Å²) in [7, 11) is 1.80. The van der Waals surface area contributed by atoms with Gasteiger partial charge in [0.1, 0.15) is 0 Å². The Kier molecular flexibility index (Phi) is 8.94. The summed E-state index contributed by atoms with van der Waals surface area (Å²) in [4.78, 5) is 14.2.